The zero-order valence-corrected chi connectivity index (χ0v) is 12.3. The van der Waals surface area contributed by atoms with Gasteiger partial charge in [0, 0.05) is 17.4 Å². The molecular formula is C12H19N5OS. The van der Waals surface area contributed by atoms with Crippen LogP contribution in [0.15, 0.2) is 17.2 Å². The molecule has 0 saturated carbocycles. The number of hydrogen-bond donors (Lipinski definition) is 2. The second-order valence-corrected chi connectivity index (χ2v) is 5.75. The molecule has 104 valence electrons. The number of aromatic nitrogens is 4. The lowest BCUT2D eigenvalue weighted by molar-refractivity contribution is 0.574. The predicted molar refractivity (Wildman–Crippen MR) is 78.9 cm³/mol. The van der Waals surface area contributed by atoms with Crippen LogP contribution in [-0.4, -0.2) is 37.1 Å². The fraction of sp³-hybridized carbons (Fsp3) is 0.583. The molecule has 0 saturated heterocycles. The summed E-state index contributed by atoms with van der Waals surface area (Å²) in [6.45, 7) is 5.25. The van der Waals surface area contributed by atoms with E-state index in [9.17, 15) is 4.79 Å². The Balaban J connectivity index is 2.15. The molecule has 0 aliphatic rings. The highest BCUT2D eigenvalue weighted by Gasteiger charge is 2.24. The summed E-state index contributed by atoms with van der Waals surface area (Å²) in [4.78, 5) is 15.6. The molecule has 0 unspecified atom stereocenters. The van der Waals surface area contributed by atoms with Crippen molar-refractivity contribution in [3.63, 3.8) is 0 Å². The first-order valence-electron chi connectivity index (χ1n) is 6.36. The van der Waals surface area contributed by atoms with Gasteiger partial charge < -0.3 is 5.32 Å². The van der Waals surface area contributed by atoms with Crippen molar-refractivity contribution in [2.24, 2.45) is 0 Å². The zero-order valence-electron chi connectivity index (χ0n) is 11.4. The highest BCUT2D eigenvalue weighted by molar-refractivity contribution is 8.00. The van der Waals surface area contributed by atoms with Crippen LogP contribution in [0.1, 0.15) is 26.7 Å². The van der Waals surface area contributed by atoms with Crippen LogP contribution >= 0.6 is 11.8 Å². The molecular weight excluding hydrogens is 262 g/mol. The molecule has 6 nitrogen and oxygen atoms in total. The molecule has 7 heteroatoms. The maximum Gasteiger partial charge on any atom is 0.348 e. The molecule has 0 atom stereocenters. The van der Waals surface area contributed by atoms with Crippen molar-refractivity contribution in [3.05, 3.63) is 22.9 Å². The third kappa shape index (κ3) is 2.75. The molecule has 2 aromatic rings. The third-order valence-electron chi connectivity index (χ3n) is 3.62. The average molecular weight is 281 g/mol. The van der Waals surface area contributed by atoms with E-state index >= 15 is 0 Å². The lowest BCUT2D eigenvalue weighted by Gasteiger charge is -2.30. The molecule has 19 heavy (non-hydrogen) atoms. The van der Waals surface area contributed by atoms with Gasteiger partial charge in [0.2, 0.25) is 0 Å². The van der Waals surface area contributed by atoms with Crippen LogP contribution in [-0.2, 0) is 0 Å². The van der Waals surface area contributed by atoms with Crippen molar-refractivity contribution < 1.29 is 0 Å². The first-order valence-corrected chi connectivity index (χ1v) is 7.58. The van der Waals surface area contributed by atoms with Gasteiger partial charge in [-0.15, -0.1) is 0 Å². The summed E-state index contributed by atoms with van der Waals surface area (Å²) >= 11 is 1.88. The Morgan fingerprint density at radius 3 is 2.84 bits per heavy atom. The van der Waals surface area contributed by atoms with Gasteiger partial charge in [-0.25, -0.2) is 19.3 Å². The SMILES string of the molecule is CCC(CC)(CNc1cc2n[nH]c(=O)n2cn1)SC. The van der Waals surface area contributed by atoms with E-state index in [0.717, 1.165) is 25.2 Å². The van der Waals surface area contributed by atoms with E-state index in [1.807, 2.05) is 11.8 Å². The Morgan fingerprint density at radius 1 is 1.47 bits per heavy atom. The highest BCUT2D eigenvalue weighted by Crippen LogP contribution is 2.30. The Kier molecular flexibility index (Phi) is 4.14. The van der Waals surface area contributed by atoms with Crippen molar-refractivity contribution in [2.75, 3.05) is 18.1 Å². The number of fused-ring (bicyclic) bond motifs is 1. The maximum absolute atomic E-state index is 11.3. The number of H-pyrrole nitrogens is 1. The van der Waals surface area contributed by atoms with Gasteiger partial charge in [-0.05, 0) is 19.1 Å². The van der Waals surface area contributed by atoms with Crippen molar-refractivity contribution in [1.29, 1.82) is 0 Å². The van der Waals surface area contributed by atoms with E-state index in [0.29, 0.717) is 5.65 Å². The van der Waals surface area contributed by atoms with Gasteiger partial charge in [0.15, 0.2) is 5.65 Å². The zero-order chi connectivity index (χ0) is 13.9. The minimum atomic E-state index is -0.269. The summed E-state index contributed by atoms with van der Waals surface area (Å²) in [5.41, 5.74) is 0.305. The summed E-state index contributed by atoms with van der Waals surface area (Å²) in [6.07, 6.45) is 5.82. The summed E-state index contributed by atoms with van der Waals surface area (Å²) < 4.78 is 1.60. The van der Waals surface area contributed by atoms with E-state index in [4.69, 9.17) is 0 Å². The number of anilines is 1. The normalized spacial score (nSPS) is 11.9. The predicted octanol–water partition coefficient (Wildman–Crippen LogP) is 1.75. The van der Waals surface area contributed by atoms with Crippen LogP contribution in [0.5, 0.6) is 0 Å². The molecule has 0 radical (unpaired) electrons. The maximum atomic E-state index is 11.3. The second-order valence-electron chi connectivity index (χ2n) is 4.48. The van der Waals surface area contributed by atoms with Crippen molar-refractivity contribution in [2.45, 2.75) is 31.4 Å². The van der Waals surface area contributed by atoms with Crippen LogP contribution in [0.3, 0.4) is 0 Å². The number of rotatable bonds is 6. The standard InChI is InChI=1S/C12H19N5OS/c1-4-12(5-2,19-3)7-13-9-6-10-15-16-11(18)17(10)8-14-9/h6,8,13H,4-5,7H2,1-3H3,(H,16,18). The minimum absolute atomic E-state index is 0.221. The summed E-state index contributed by atoms with van der Waals surface area (Å²) in [5, 5.41) is 9.66. The Bertz CT molecular complexity index is 593. The van der Waals surface area contributed by atoms with Gasteiger partial charge in [0.1, 0.15) is 12.1 Å². The monoisotopic (exact) mass is 281 g/mol. The van der Waals surface area contributed by atoms with Crippen molar-refractivity contribution in [1.82, 2.24) is 19.6 Å². The number of nitrogens with one attached hydrogen (secondary N) is 2. The number of hydrogen-bond acceptors (Lipinski definition) is 5. The van der Waals surface area contributed by atoms with Crippen LogP contribution in [0, 0.1) is 0 Å². The molecule has 0 bridgehead atoms. The topological polar surface area (TPSA) is 75.1 Å². The molecule has 2 heterocycles. The summed E-state index contributed by atoms with van der Waals surface area (Å²) in [5.74, 6) is 0.742. The lowest BCUT2D eigenvalue weighted by Crippen LogP contribution is -2.32. The summed E-state index contributed by atoms with van der Waals surface area (Å²) in [7, 11) is 0. The minimum Gasteiger partial charge on any atom is -0.369 e. The van der Waals surface area contributed by atoms with E-state index in [1.165, 1.54) is 10.7 Å². The molecule has 0 aliphatic heterocycles. The van der Waals surface area contributed by atoms with Crippen LogP contribution in [0.4, 0.5) is 5.82 Å². The Hall–Kier alpha value is -1.50. The van der Waals surface area contributed by atoms with Gasteiger partial charge in [0.05, 0.1) is 0 Å². The number of thioether (sulfide) groups is 1. The lowest BCUT2D eigenvalue weighted by atomic mass is 10.0. The smallest absolute Gasteiger partial charge is 0.348 e. The molecule has 0 aliphatic carbocycles. The fourth-order valence-corrected chi connectivity index (χ4v) is 2.81. The van der Waals surface area contributed by atoms with E-state index < -0.39 is 0 Å². The third-order valence-corrected chi connectivity index (χ3v) is 5.21. The van der Waals surface area contributed by atoms with Crippen molar-refractivity contribution >= 4 is 23.2 Å². The van der Waals surface area contributed by atoms with Gasteiger partial charge in [0.25, 0.3) is 0 Å². The number of aromatic amines is 1. The molecule has 2 N–H and O–H groups in total. The van der Waals surface area contributed by atoms with Gasteiger partial charge in [-0.1, -0.05) is 13.8 Å². The van der Waals surface area contributed by atoms with E-state index in [-0.39, 0.29) is 10.4 Å². The van der Waals surface area contributed by atoms with E-state index in [2.05, 4.69) is 40.6 Å². The molecule has 2 rings (SSSR count). The quantitative estimate of drug-likeness (QED) is 0.843. The van der Waals surface area contributed by atoms with Crippen LogP contribution < -0.4 is 11.0 Å². The first kappa shape index (κ1) is 13.9. The van der Waals surface area contributed by atoms with Gasteiger partial charge >= 0.3 is 5.69 Å². The highest BCUT2D eigenvalue weighted by atomic mass is 32.2. The molecule has 0 amide bonds. The van der Waals surface area contributed by atoms with Crippen molar-refractivity contribution in [3.8, 4) is 0 Å². The molecule has 0 aromatic carbocycles. The second kappa shape index (κ2) is 5.64. The molecule has 0 fully saturated rings. The Morgan fingerprint density at radius 2 is 2.21 bits per heavy atom. The fourth-order valence-electron chi connectivity index (χ4n) is 2.02. The largest absolute Gasteiger partial charge is 0.369 e. The van der Waals surface area contributed by atoms with Gasteiger partial charge in [-0.3, -0.25) is 0 Å². The van der Waals surface area contributed by atoms with Crippen LogP contribution in [0.2, 0.25) is 0 Å². The van der Waals surface area contributed by atoms with E-state index in [1.54, 1.807) is 6.07 Å². The molecule has 2 aromatic heterocycles. The number of nitrogens with zero attached hydrogens (tertiary/aromatic N) is 3. The van der Waals surface area contributed by atoms with Gasteiger partial charge in [-0.2, -0.15) is 16.9 Å². The molecule has 0 spiro atoms. The average Bonchev–Trinajstić information content (AvgIpc) is 2.82. The summed E-state index contributed by atoms with van der Waals surface area (Å²) in [6, 6.07) is 1.77. The van der Waals surface area contributed by atoms with Crippen LogP contribution in [0.25, 0.3) is 5.65 Å². The first-order chi connectivity index (χ1) is 9.14. The Labute approximate surface area is 116 Å².